The van der Waals surface area contributed by atoms with Crippen LogP contribution in [0.15, 0.2) is 0 Å². The van der Waals surface area contributed by atoms with Gasteiger partial charge in [0.1, 0.15) is 0 Å². The maximum absolute atomic E-state index is 5.69. The van der Waals surface area contributed by atoms with Gasteiger partial charge in [-0.15, -0.1) is 0 Å². The second-order valence-corrected chi connectivity index (χ2v) is 6.64. The third kappa shape index (κ3) is 6.21. The van der Waals surface area contributed by atoms with E-state index in [4.69, 9.17) is 9.47 Å². The van der Waals surface area contributed by atoms with Crippen molar-refractivity contribution >= 4 is 0 Å². The highest BCUT2D eigenvalue weighted by Crippen LogP contribution is 2.26. The van der Waals surface area contributed by atoms with E-state index in [0.717, 1.165) is 45.9 Å². The zero-order valence-electron chi connectivity index (χ0n) is 13.4. The highest BCUT2D eigenvalue weighted by atomic mass is 16.5. The Labute approximate surface area is 118 Å². The Balaban J connectivity index is 2.30. The van der Waals surface area contributed by atoms with Crippen molar-refractivity contribution in [2.24, 2.45) is 5.41 Å². The van der Waals surface area contributed by atoms with Crippen LogP contribution in [0.1, 0.15) is 34.1 Å². The molecule has 0 saturated carbocycles. The molecule has 1 N–H and O–H groups in total. The maximum Gasteiger partial charge on any atom is 0.0593 e. The standard InChI is InChI=1S/C15H32N2O2/c1-13-12-17(7-10-19-9-6-8-18-5)14(11-16-13)15(2,3)4/h13-14,16H,6-12H2,1-5H3. The van der Waals surface area contributed by atoms with E-state index in [1.807, 2.05) is 0 Å². The van der Waals surface area contributed by atoms with Crippen LogP contribution < -0.4 is 5.32 Å². The highest BCUT2D eigenvalue weighted by molar-refractivity contribution is 4.91. The van der Waals surface area contributed by atoms with Gasteiger partial charge in [-0.05, 0) is 18.8 Å². The summed E-state index contributed by atoms with van der Waals surface area (Å²) in [4.78, 5) is 2.58. The minimum absolute atomic E-state index is 0.309. The number of nitrogens with one attached hydrogen (secondary N) is 1. The van der Waals surface area contributed by atoms with Crippen LogP contribution in [0.2, 0.25) is 0 Å². The summed E-state index contributed by atoms with van der Waals surface area (Å²) in [6.45, 7) is 14.9. The van der Waals surface area contributed by atoms with Gasteiger partial charge in [0.05, 0.1) is 6.61 Å². The molecule has 0 aliphatic carbocycles. The lowest BCUT2D eigenvalue weighted by molar-refractivity contribution is 0.0237. The number of hydrogen-bond acceptors (Lipinski definition) is 4. The van der Waals surface area contributed by atoms with Crippen LogP contribution in [0.5, 0.6) is 0 Å². The predicted molar refractivity (Wildman–Crippen MR) is 79.6 cm³/mol. The molecule has 0 aromatic rings. The topological polar surface area (TPSA) is 33.7 Å². The third-order valence-corrected chi connectivity index (χ3v) is 3.77. The molecule has 1 rings (SSSR count). The SMILES string of the molecule is COCCCOCCN1CC(C)NCC1C(C)(C)C. The Bertz CT molecular complexity index is 241. The monoisotopic (exact) mass is 272 g/mol. The van der Waals surface area contributed by atoms with Gasteiger partial charge < -0.3 is 14.8 Å². The Morgan fingerprint density at radius 1 is 1.21 bits per heavy atom. The summed E-state index contributed by atoms with van der Waals surface area (Å²) in [5.74, 6) is 0. The predicted octanol–water partition coefficient (Wildman–Crippen LogP) is 1.75. The van der Waals surface area contributed by atoms with Crippen molar-refractivity contribution < 1.29 is 9.47 Å². The molecule has 2 unspecified atom stereocenters. The Kier molecular flexibility index (Phi) is 7.29. The molecule has 0 aromatic heterocycles. The quantitative estimate of drug-likeness (QED) is 0.716. The summed E-state index contributed by atoms with van der Waals surface area (Å²) in [5, 5.41) is 3.59. The van der Waals surface area contributed by atoms with Gasteiger partial charge in [0.15, 0.2) is 0 Å². The fourth-order valence-electron chi connectivity index (χ4n) is 2.68. The minimum Gasteiger partial charge on any atom is -0.385 e. The summed E-state index contributed by atoms with van der Waals surface area (Å²) >= 11 is 0. The van der Waals surface area contributed by atoms with Crippen LogP contribution in [0.3, 0.4) is 0 Å². The average molecular weight is 272 g/mol. The fraction of sp³-hybridized carbons (Fsp3) is 1.00. The first-order valence-electron chi connectivity index (χ1n) is 7.49. The van der Waals surface area contributed by atoms with E-state index < -0.39 is 0 Å². The molecule has 1 fully saturated rings. The average Bonchev–Trinajstić information content (AvgIpc) is 2.32. The first-order chi connectivity index (χ1) is 8.95. The second kappa shape index (κ2) is 8.20. The summed E-state index contributed by atoms with van der Waals surface area (Å²) in [5.41, 5.74) is 0.309. The first-order valence-corrected chi connectivity index (χ1v) is 7.49. The highest BCUT2D eigenvalue weighted by Gasteiger charge is 2.33. The van der Waals surface area contributed by atoms with Crippen molar-refractivity contribution in [2.45, 2.75) is 46.2 Å². The van der Waals surface area contributed by atoms with E-state index in [1.54, 1.807) is 7.11 Å². The van der Waals surface area contributed by atoms with Crippen LogP contribution in [-0.2, 0) is 9.47 Å². The number of ether oxygens (including phenoxy) is 2. The van der Waals surface area contributed by atoms with E-state index in [2.05, 4.69) is 37.9 Å². The molecule has 1 aliphatic rings. The zero-order chi connectivity index (χ0) is 14.3. The summed E-state index contributed by atoms with van der Waals surface area (Å²) < 4.78 is 10.7. The van der Waals surface area contributed by atoms with Crippen LogP contribution >= 0.6 is 0 Å². The lowest BCUT2D eigenvalue weighted by Gasteiger charge is -2.45. The summed E-state index contributed by atoms with van der Waals surface area (Å²) in [6.07, 6.45) is 0.983. The Hall–Kier alpha value is -0.160. The molecule has 0 bridgehead atoms. The number of piperazine rings is 1. The lowest BCUT2D eigenvalue weighted by atomic mass is 9.84. The van der Waals surface area contributed by atoms with E-state index in [9.17, 15) is 0 Å². The van der Waals surface area contributed by atoms with E-state index in [1.165, 1.54) is 0 Å². The third-order valence-electron chi connectivity index (χ3n) is 3.77. The van der Waals surface area contributed by atoms with Gasteiger partial charge in [0.25, 0.3) is 0 Å². The Morgan fingerprint density at radius 3 is 2.58 bits per heavy atom. The van der Waals surface area contributed by atoms with E-state index in [0.29, 0.717) is 17.5 Å². The van der Waals surface area contributed by atoms with Crippen LogP contribution in [0.25, 0.3) is 0 Å². The van der Waals surface area contributed by atoms with Gasteiger partial charge in [0, 0.05) is 52.0 Å². The molecular weight excluding hydrogens is 240 g/mol. The van der Waals surface area contributed by atoms with Crippen LogP contribution in [0.4, 0.5) is 0 Å². The van der Waals surface area contributed by atoms with Crippen molar-refractivity contribution in [3.8, 4) is 0 Å². The molecule has 0 radical (unpaired) electrons. The molecule has 4 heteroatoms. The smallest absolute Gasteiger partial charge is 0.0593 e. The van der Waals surface area contributed by atoms with Crippen molar-refractivity contribution in [1.82, 2.24) is 10.2 Å². The molecular formula is C15H32N2O2. The molecule has 1 aliphatic heterocycles. The minimum atomic E-state index is 0.309. The number of rotatable bonds is 7. The van der Waals surface area contributed by atoms with Crippen molar-refractivity contribution in [3.05, 3.63) is 0 Å². The Morgan fingerprint density at radius 2 is 1.95 bits per heavy atom. The summed E-state index contributed by atoms with van der Waals surface area (Å²) in [7, 11) is 1.73. The van der Waals surface area contributed by atoms with Crippen molar-refractivity contribution in [2.75, 3.05) is 46.6 Å². The molecule has 2 atom stereocenters. The molecule has 114 valence electrons. The van der Waals surface area contributed by atoms with Gasteiger partial charge >= 0.3 is 0 Å². The van der Waals surface area contributed by atoms with Gasteiger partial charge in [-0.3, -0.25) is 4.90 Å². The zero-order valence-corrected chi connectivity index (χ0v) is 13.4. The molecule has 0 amide bonds. The molecule has 19 heavy (non-hydrogen) atoms. The molecule has 4 nitrogen and oxygen atoms in total. The number of nitrogens with zero attached hydrogens (tertiary/aromatic N) is 1. The van der Waals surface area contributed by atoms with Crippen LogP contribution in [-0.4, -0.2) is 63.5 Å². The van der Waals surface area contributed by atoms with Crippen molar-refractivity contribution in [3.63, 3.8) is 0 Å². The van der Waals surface area contributed by atoms with Gasteiger partial charge in [-0.1, -0.05) is 20.8 Å². The van der Waals surface area contributed by atoms with E-state index in [-0.39, 0.29) is 0 Å². The fourth-order valence-corrected chi connectivity index (χ4v) is 2.68. The maximum atomic E-state index is 5.69. The van der Waals surface area contributed by atoms with E-state index >= 15 is 0 Å². The number of methoxy groups -OCH3 is 1. The molecule has 0 spiro atoms. The lowest BCUT2D eigenvalue weighted by Crippen LogP contribution is -2.60. The summed E-state index contributed by atoms with van der Waals surface area (Å²) in [6, 6.07) is 1.17. The molecule has 1 saturated heterocycles. The van der Waals surface area contributed by atoms with Crippen LogP contribution in [0, 0.1) is 5.41 Å². The number of hydrogen-bond donors (Lipinski definition) is 1. The second-order valence-electron chi connectivity index (χ2n) is 6.64. The van der Waals surface area contributed by atoms with Gasteiger partial charge in [0.2, 0.25) is 0 Å². The van der Waals surface area contributed by atoms with Gasteiger partial charge in [-0.2, -0.15) is 0 Å². The largest absolute Gasteiger partial charge is 0.385 e. The first kappa shape index (κ1) is 16.9. The normalized spacial score (nSPS) is 25.7. The molecule has 0 aromatic carbocycles. The molecule has 1 heterocycles. The van der Waals surface area contributed by atoms with Crippen molar-refractivity contribution in [1.29, 1.82) is 0 Å². The van der Waals surface area contributed by atoms with Gasteiger partial charge in [-0.25, -0.2) is 0 Å².